The van der Waals surface area contributed by atoms with E-state index in [2.05, 4.69) is 28.0 Å². The van der Waals surface area contributed by atoms with Crippen molar-refractivity contribution >= 4 is 58.3 Å². The van der Waals surface area contributed by atoms with Crippen LogP contribution in [0.3, 0.4) is 0 Å². The molecule has 0 saturated heterocycles. The van der Waals surface area contributed by atoms with Gasteiger partial charge in [-0.1, -0.05) is 120 Å². The molecule has 0 aliphatic rings. The van der Waals surface area contributed by atoms with E-state index in [-0.39, 0.29) is 33.0 Å². The smallest absolute Gasteiger partial charge is 0.338 e. The van der Waals surface area contributed by atoms with E-state index < -0.39 is 17.6 Å². The molecular weight excluding hydrogens is 641 g/mol. The maximum absolute atomic E-state index is 12.7. The molecule has 0 radical (unpaired) electrons. The molecule has 3 rings (SSSR count). The summed E-state index contributed by atoms with van der Waals surface area (Å²) in [6.07, 6.45) is 17.5. The van der Waals surface area contributed by atoms with Gasteiger partial charge < -0.3 is 15.4 Å². The number of hydrogen-bond acceptors (Lipinski definition) is 5. The van der Waals surface area contributed by atoms with Crippen LogP contribution in [0.25, 0.3) is 5.69 Å². The van der Waals surface area contributed by atoms with Crippen molar-refractivity contribution < 1.29 is 19.1 Å². The molecule has 0 fully saturated rings. The summed E-state index contributed by atoms with van der Waals surface area (Å²) in [7, 11) is 0. The van der Waals surface area contributed by atoms with Crippen LogP contribution in [0.2, 0.25) is 10.0 Å². The zero-order chi connectivity index (χ0) is 34.0. The molecule has 12 heteroatoms. The number of halogens is 2. The predicted molar refractivity (Wildman–Crippen MR) is 190 cm³/mol. The average molecular weight is 689 g/mol. The van der Waals surface area contributed by atoms with Crippen molar-refractivity contribution in [1.29, 1.82) is 0 Å². The van der Waals surface area contributed by atoms with Crippen LogP contribution in [0.4, 0.5) is 22.0 Å². The lowest BCUT2D eigenvalue weighted by Gasteiger charge is -2.11. The van der Waals surface area contributed by atoms with E-state index in [1.54, 1.807) is 24.3 Å². The fourth-order valence-electron chi connectivity index (χ4n) is 5.23. The van der Waals surface area contributed by atoms with Crippen LogP contribution in [0, 0.1) is 0 Å². The summed E-state index contributed by atoms with van der Waals surface area (Å²) in [6, 6.07) is 9.90. The second kappa shape index (κ2) is 20.5. The number of ether oxygens (including phenoxy) is 1. The topological polar surface area (TPSA) is 134 Å². The van der Waals surface area contributed by atoms with Crippen LogP contribution in [-0.4, -0.2) is 34.3 Å². The van der Waals surface area contributed by atoms with Gasteiger partial charge in [-0.2, -0.15) is 0 Å². The SMILES string of the molecule is CCCCCCCCCCCCCCCCOC(=O)c1cc(Cl)c(-n2[nH]c(NC(=O)Nc3cccc(NC(C)=O)c3)cc2=O)c(Cl)c1. The van der Waals surface area contributed by atoms with Gasteiger partial charge >= 0.3 is 12.0 Å². The minimum absolute atomic E-state index is 0.0516. The molecule has 256 valence electrons. The molecule has 0 bridgehead atoms. The third-order valence-corrected chi connectivity index (χ3v) is 8.19. The molecule has 0 unspecified atom stereocenters. The molecule has 47 heavy (non-hydrogen) atoms. The Balaban J connectivity index is 1.41. The molecule has 1 heterocycles. The van der Waals surface area contributed by atoms with Gasteiger partial charge in [0.25, 0.3) is 5.56 Å². The number of unbranched alkanes of at least 4 members (excludes halogenated alkanes) is 13. The molecule has 4 N–H and O–H groups in total. The number of H-pyrrole nitrogens is 1. The molecule has 0 atom stereocenters. The Morgan fingerprint density at radius 3 is 1.83 bits per heavy atom. The molecule has 0 spiro atoms. The largest absolute Gasteiger partial charge is 0.462 e. The number of amides is 3. The highest BCUT2D eigenvalue weighted by molar-refractivity contribution is 6.38. The number of carbonyl (C=O) groups is 3. The first-order chi connectivity index (χ1) is 22.7. The number of aromatic nitrogens is 2. The Morgan fingerprint density at radius 1 is 0.745 bits per heavy atom. The Labute approximate surface area is 286 Å². The van der Waals surface area contributed by atoms with Crippen LogP contribution in [0.1, 0.15) is 114 Å². The van der Waals surface area contributed by atoms with Crippen molar-refractivity contribution in [3.05, 3.63) is 68.4 Å². The number of anilines is 3. The maximum Gasteiger partial charge on any atom is 0.338 e. The standard InChI is InChI=1S/C35H47Cl2N5O5/c1-3-4-5-6-7-8-9-10-11-12-13-14-15-16-20-47-34(45)26-21-29(36)33(30(37)22-26)42-32(44)24-31(41-42)40-35(46)39-28-19-17-18-27(23-28)38-25(2)43/h17-19,21-24,41H,3-16,20H2,1-2H3,(H,38,43)(H2,39,40,46). The zero-order valence-electron chi connectivity index (χ0n) is 27.4. The van der Waals surface area contributed by atoms with Crippen LogP contribution < -0.4 is 21.5 Å². The molecule has 0 aliphatic carbocycles. The highest BCUT2D eigenvalue weighted by Crippen LogP contribution is 2.30. The lowest BCUT2D eigenvalue weighted by Crippen LogP contribution is -2.20. The first-order valence-electron chi connectivity index (χ1n) is 16.6. The van der Waals surface area contributed by atoms with Gasteiger partial charge in [-0.05, 0) is 36.8 Å². The Bertz CT molecular complexity index is 1500. The number of benzene rings is 2. The molecular formula is C35H47Cl2N5O5. The fourth-order valence-corrected chi connectivity index (χ4v) is 5.89. The quantitative estimate of drug-likeness (QED) is 0.0693. The van der Waals surface area contributed by atoms with Crippen LogP contribution in [0.5, 0.6) is 0 Å². The van der Waals surface area contributed by atoms with Crippen molar-refractivity contribution in [3.63, 3.8) is 0 Å². The van der Waals surface area contributed by atoms with E-state index in [9.17, 15) is 19.2 Å². The van der Waals surface area contributed by atoms with Gasteiger partial charge in [0.1, 0.15) is 11.5 Å². The van der Waals surface area contributed by atoms with Crippen LogP contribution >= 0.6 is 23.2 Å². The molecule has 2 aromatic carbocycles. The summed E-state index contributed by atoms with van der Waals surface area (Å²) in [5.74, 6) is -0.710. The fraction of sp³-hybridized carbons (Fsp3) is 0.486. The van der Waals surface area contributed by atoms with E-state index in [1.165, 1.54) is 95.8 Å². The average Bonchev–Trinajstić information content (AvgIpc) is 3.36. The number of nitrogens with zero attached hydrogens (tertiary/aromatic N) is 1. The second-order valence-electron chi connectivity index (χ2n) is 11.7. The van der Waals surface area contributed by atoms with Gasteiger partial charge in [-0.25, -0.2) is 14.3 Å². The van der Waals surface area contributed by atoms with Gasteiger partial charge in [0, 0.05) is 24.4 Å². The summed E-state index contributed by atoms with van der Waals surface area (Å²) in [5.41, 5.74) is 0.700. The van der Waals surface area contributed by atoms with Gasteiger partial charge in [-0.3, -0.25) is 20.0 Å². The Morgan fingerprint density at radius 2 is 1.28 bits per heavy atom. The van der Waals surface area contributed by atoms with E-state index in [0.29, 0.717) is 18.0 Å². The van der Waals surface area contributed by atoms with Crippen LogP contribution in [0.15, 0.2) is 47.3 Å². The third-order valence-electron chi connectivity index (χ3n) is 7.62. The van der Waals surface area contributed by atoms with Crippen molar-refractivity contribution in [2.24, 2.45) is 0 Å². The van der Waals surface area contributed by atoms with Crippen LogP contribution in [-0.2, 0) is 9.53 Å². The first kappa shape index (κ1) is 37.7. The Kier molecular flexibility index (Phi) is 16.4. The van der Waals surface area contributed by atoms with Gasteiger partial charge in [-0.15, -0.1) is 0 Å². The lowest BCUT2D eigenvalue weighted by atomic mass is 10.0. The summed E-state index contributed by atoms with van der Waals surface area (Å²) < 4.78 is 6.50. The molecule has 3 amide bonds. The highest BCUT2D eigenvalue weighted by Gasteiger charge is 2.18. The molecule has 0 aliphatic heterocycles. The Hall–Kier alpha value is -3.76. The molecule has 3 aromatic rings. The lowest BCUT2D eigenvalue weighted by molar-refractivity contribution is -0.114. The number of aromatic amines is 1. The molecule has 10 nitrogen and oxygen atoms in total. The van der Waals surface area contributed by atoms with Gasteiger partial charge in [0.2, 0.25) is 5.91 Å². The van der Waals surface area contributed by atoms with Gasteiger partial charge in [0.05, 0.1) is 22.2 Å². The number of carbonyl (C=O) groups excluding carboxylic acids is 3. The summed E-state index contributed by atoms with van der Waals surface area (Å²) in [4.78, 5) is 49.2. The van der Waals surface area contributed by atoms with Crippen molar-refractivity contribution in [1.82, 2.24) is 9.78 Å². The summed E-state index contributed by atoms with van der Waals surface area (Å²) in [6.45, 7) is 3.94. The van der Waals surface area contributed by atoms with Crippen molar-refractivity contribution in [2.75, 3.05) is 22.6 Å². The van der Waals surface area contributed by atoms with E-state index in [1.807, 2.05) is 0 Å². The maximum atomic E-state index is 12.7. The normalized spacial score (nSPS) is 10.9. The number of hydrogen-bond donors (Lipinski definition) is 4. The van der Waals surface area contributed by atoms with Crippen molar-refractivity contribution in [2.45, 2.75) is 104 Å². The van der Waals surface area contributed by atoms with E-state index >= 15 is 0 Å². The monoisotopic (exact) mass is 687 g/mol. The molecule has 1 aromatic heterocycles. The number of urea groups is 1. The minimum Gasteiger partial charge on any atom is -0.462 e. The van der Waals surface area contributed by atoms with E-state index in [4.69, 9.17) is 27.9 Å². The number of esters is 1. The van der Waals surface area contributed by atoms with Gasteiger partial charge in [0.15, 0.2) is 0 Å². The van der Waals surface area contributed by atoms with Crippen molar-refractivity contribution in [3.8, 4) is 5.69 Å². The van der Waals surface area contributed by atoms with E-state index in [0.717, 1.165) is 23.9 Å². The highest BCUT2D eigenvalue weighted by atomic mass is 35.5. The molecule has 0 saturated carbocycles. The first-order valence-corrected chi connectivity index (χ1v) is 17.4. The number of nitrogens with one attached hydrogen (secondary N) is 4. The second-order valence-corrected chi connectivity index (χ2v) is 12.5. The minimum atomic E-state index is -0.632. The summed E-state index contributed by atoms with van der Waals surface area (Å²) in [5, 5.41) is 10.7. The predicted octanol–water partition coefficient (Wildman–Crippen LogP) is 9.71. The zero-order valence-corrected chi connectivity index (χ0v) is 28.9. The summed E-state index contributed by atoms with van der Waals surface area (Å²) >= 11 is 12.9. The number of rotatable bonds is 20. The third kappa shape index (κ3) is 13.5.